The fourth-order valence-corrected chi connectivity index (χ4v) is 1.80. The monoisotopic (exact) mass is 254 g/mol. The van der Waals surface area contributed by atoms with Gasteiger partial charge in [-0.3, -0.25) is 4.68 Å². The molecule has 0 saturated heterocycles. The molecule has 4 nitrogen and oxygen atoms in total. The molecular weight excluding hydrogens is 244 g/mol. The highest BCUT2D eigenvalue weighted by molar-refractivity contribution is 9.11. The summed E-state index contributed by atoms with van der Waals surface area (Å²) in [6.45, 7) is 0.697. The van der Waals surface area contributed by atoms with Crippen LogP contribution in [0.3, 0.4) is 0 Å². The predicted octanol–water partition coefficient (Wildman–Crippen LogP) is 1.32. The first-order chi connectivity index (χ1) is 6.66. The minimum absolute atomic E-state index is 0.697. The molecule has 1 aliphatic rings. The highest BCUT2D eigenvalue weighted by Crippen LogP contribution is 2.25. The van der Waals surface area contributed by atoms with Crippen molar-refractivity contribution in [3.8, 4) is 0 Å². The Labute approximate surface area is 90.8 Å². The normalized spacial score (nSPS) is 16.6. The van der Waals surface area contributed by atoms with Gasteiger partial charge in [0.2, 0.25) is 0 Å². The number of hydrogen-bond donors (Lipinski definition) is 1. The molecule has 1 aromatic heterocycles. The van der Waals surface area contributed by atoms with Crippen LogP contribution >= 0.6 is 15.9 Å². The number of hydrogen-bond acceptors (Lipinski definition) is 3. The maximum Gasteiger partial charge on any atom is 0.0855 e. The first kappa shape index (κ1) is 9.33. The largest absolute Gasteiger partial charge is 0.401 e. The number of aryl methyl sites for hydroxylation is 1. The van der Waals surface area contributed by atoms with Crippen LogP contribution in [0.25, 0.3) is 0 Å². The van der Waals surface area contributed by atoms with Crippen molar-refractivity contribution in [2.45, 2.75) is 0 Å². The Balaban J connectivity index is 2.29. The van der Waals surface area contributed by atoms with E-state index in [9.17, 15) is 0 Å². The zero-order chi connectivity index (χ0) is 10.1. The van der Waals surface area contributed by atoms with Crippen molar-refractivity contribution in [1.29, 1.82) is 0 Å². The minimum Gasteiger partial charge on any atom is -0.401 e. The van der Waals surface area contributed by atoms with E-state index in [1.165, 1.54) is 0 Å². The summed E-state index contributed by atoms with van der Waals surface area (Å²) in [5.41, 5.74) is 7.64. The molecule has 0 atom stereocenters. The second-order valence-electron chi connectivity index (χ2n) is 3.19. The van der Waals surface area contributed by atoms with E-state index in [-0.39, 0.29) is 0 Å². The van der Waals surface area contributed by atoms with Gasteiger partial charge in [-0.2, -0.15) is 5.10 Å². The lowest BCUT2D eigenvalue weighted by atomic mass is 10.3. The van der Waals surface area contributed by atoms with Crippen LogP contribution in [0.2, 0.25) is 0 Å². The quantitative estimate of drug-likeness (QED) is 0.770. The van der Waals surface area contributed by atoms with E-state index in [0.717, 1.165) is 16.0 Å². The van der Waals surface area contributed by atoms with Gasteiger partial charge in [-0.1, -0.05) is 0 Å². The van der Waals surface area contributed by atoms with E-state index >= 15 is 0 Å². The van der Waals surface area contributed by atoms with Gasteiger partial charge in [-0.15, -0.1) is 0 Å². The van der Waals surface area contributed by atoms with Crippen LogP contribution in [0.15, 0.2) is 34.8 Å². The molecule has 5 heteroatoms. The summed E-state index contributed by atoms with van der Waals surface area (Å²) in [6, 6.07) is 0. The molecule has 2 N–H and O–H groups in total. The van der Waals surface area contributed by atoms with Gasteiger partial charge in [-0.05, 0) is 28.1 Å². The standard InChI is InChI=1S/C9H11BrN4/c1-13-6-8(4-12-13)14-5-7(11)2-3-9(14)10/h2-4,6H,5,11H2,1H3. The first-order valence-electron chi connectivity index (χ1n) is 4.25. The SMILES string of the molecule is Cn1cc(N2CC(N)=CC=C2Br)cn1. The Bertz CT molecular complexity index is 405. The molecule has 14 heavy (non-hydrogen) atoms. The highest BCUT2D eigenvalue weighted by Gasteiger charge is 2.14. The fraction of sp³-hybridized carbons (Fsp3) is 0.222. The molecule has 0 unspecified atom stereocenters. The van der Waals surface area contributed by atoms with Crippen molar-refractivity contribution in [3.63, 3.8) is 0 Å². The Morgan fingerprint density at radius 2 is 2.29 bits per heavy atom. The van der Waals surface area contributed by atoms with E-state index in [0.29, 0.717) is 6.54 Å². The van der Waals surface area contributed by atoms with Gasteiger partial charge in [0.1, 0.15) is 0 Å². The number of halogens is 1. The molecular formula is C9H11BrN4. The maximum atomic E-state index is 5.76. The van der Waals surface area contributed by atoms with Crippen LogP contribution < -0.4 is 10.6 Å². The summed E-state index contributed by atoms with van der Waals surface area (Å²) in [6.07, 6.45) is 7.60. The van der Waals surface area contributed by atoms with Gasteiger partial charge in [0.25, 0.3) is 0 Å². The van der Waals surface area contributed by atoms with E-state index in [1.807, 2.05) is 31.6 Å². The van der Waals surface area contributed by atoms with Crippen molar-refractivity contribution in [2.75, 3.05) is 11.4 Å². The third-order valence-corrected chi connectivity index (χ3v) is 2.73. The van der Waals surface area contributed by atoms with Gasteiger partial charge in [-0.25, -0.2) is 0 Å². The van der Waals surface area contributed by atoms with Gasteiger partial charge in [0.15, 0.2) is 0 Å². The van der Waals surface area contributed by atoms with Crippen molar-refractivity contribution < 1.29 is 0 Å². The van der Waals surface area contributed by atoms with Crippen LogP contribution in [0, 0.1) is 0 Å². The number of nitrogens with two attached hydrogens (primary N) is 1. The zero-order valence-electron chi connectivity index (χ0n) is 7.81. The number of rotatable bonds is 1. The summed E-state index contributed by atoms with van der Waals surface area (Å²) in [4.78, 5) is 2.06. The first-order valence-corrected chi connectivity index (χ1v) is 5.04. The fourth-order valence-electron chi connectivity index (χ4n) is 1.34. The van der Waals surface area contributed by atoms with Gasteiger partial charge < -0.3 is 10.6 Å². The van der Waals surface area contributed by atoms with Crippen molar-refractivity contribution in [3.05, 3.63) is 34.8 Å². The highest BCUT2D eigenvalue weighted by atomic mass is 79.9. The summed E-state index contributed by atoms with van der Waals surface area (Å²) < 4.78 is 2.77. The van der Waals surface area contributed by atoms with E-state index in [4.69, 9.17) is 5.73 Å². The van der Waals surface area contributed by atoms with E-state index in [1.54, 1.807) is 4.68 Å². The lowest BCUT2D eigenvalue weighted by Gasteiger charge is -2.25. The van der Waals surface area contributed by atoms with Crippen LogP contribution in [-0.4, -0.2) is 16.3 Å². The van der Waals surface area contributed by atoms with Crippen LogP contribution in [0.4, 0.5) is 5.69 Å². The number of allylic oxidation sites excluding steroid dienone is 2. The van der Waals surface area contributed by atoms with Crippen LogP contribution in [-0.2, 0) is 7.05 Å². The van der Waals surface area contributed by atoms with E-state index < -0.39 is 0 Å². The average Bonchev–Trinajstić information content (AvgIpc) is 2.56. The number of nitrogens with zero attached hydrogens (tertiary/aromatic N) is 3. The molecule has 1 aromatic rings. The third kappa shape index (κ3) is 1.68. The lowest BCUT2D eigenvalue weighted by molar-refractivity contribution is 0.767. The van der Waals surface area contributed by atoms with Crippen LogP contribution in [0.1, 0.15) is 0 Å². The summed E-state index contributed by atoms with van der Waals surface area (Å²) in [7, 11) is 1.89. The molecule has 0 aliphatic carbocycles. The van der Waals surface area contributed by atoms with Crippen molar-refractivity contribution >= 4 is 21.6 Å². The molecule has 0 saturated carbocycles. The Morgan fingerprint density at radius 1 is 1.50 bits per heavy atom. The van der Waals surface area contributed by atoms with Crippen LogP contribution in [0.5, 0.6) is 0 Å². The van der Waals surface area contributed by atoms with Gasteiger partial charge >= 0.3 is 0 Å². The van der Waals surface area contributed by atoms with Crippen molar-refractivity contribution in [1.82, 2.24) is 9.78 Å². The molecule has 2 heterocycles. The molecule has 1 aliphatic heterocycles. The third-order valence-electron chi connectivity index (χ3n) is 2.04. The zero-order valence-corrected chi connectivity index (χ0v) is 9.40. The summed E-state index contributed by atoms with van der Waals surface area (Å²) in [5, 5.41) is 4.12. The molecule has 0 spiro atoms. The minimum atomic E-state index is 0.697. The molecule has 2 rings (SSSR count). The Kier molecular flexibility index (Phi) is 2.33. The van der Waals surface area contributed by atoms with Crippen molar-refractivity contribution in [2.24, 2.45) is 12.8 Å². The number of aromatic nitrogens is 2. The Hall–Kier alpha value is -1.23. The maximum absolute atomic E-state index is 5.76. The second kappa shape index (κ2) is 3.49. The molecule has 0 radical (unpaired) electrons. The van der Waals surface area contributed by atoms with Gasteiger partial charge in [0, 0.05) is 18.9 Å². The molecule has 0 fully saturated rings. The van der Waals surface area contributed by atoms with E-state index in [2.05, 4.69) is 25.9 Å². The smallest absolute Gasteiger partial charge is 0.0855 e. The lowest BCUT2D eigenvalue weighted by Crippen LogP contribution is -2.27. The Morgan fingerprint density at radius 3 is 2.93 bits per heavy atom. The number of anilines is 1. The molecule has 74 valence electrons. The summed E-state index contributed by atoms with van der Waals surface area (Å²) in [5.74, 6) is 0. The average molecular weight is 255 g/mol. The van der Waals surface area contributed by atoms with Gasteiger partial charge in [0.05, 0.1) is 23.0 Å². The topological polar surface area (TPSA) is 47.1 Å². The second-order valence-corrected chi connectivity index (χ2v) is 4.00. The molecule has 0 bridgehead atoms. The predicted molar refractivity (Wildman–Crippen MR) is 59.8 cm³/mol. The molecule has 0 aromatic carbocycles. The summed E-state index contributed by atoms with van der Waals surface area (Å²) >= 11 is 3.48. The molecule has 0 amide bonds.